The standard InChI is InChI=1S/C14H21N3O3S.ClH/c1-10-9-15-8-7-14(10)17-21(19,20)13-5-3-12(4-6-13)16-11(2)18;/h3-6,10,14-15,17H,7-9H2,1-2H3,(H,16,18);1H. The second-order valence-corrected chi connectivity index (χ2v) is 7.12. The smallest absolute Gasteiger partial charge is 0.240 e. The fraction of sp³-hybridized carbons (Fsp3) is 0.500. The van der Waals surface area contributed by atoms with Crippen LogP contribution in [-0.4, -0.2) is 33.5 Å². The summed E-state index contributed by atoms with van der Waals surface area (Å²) in [6.07, 6.45) is 0.782. The Kier molecular flexibility index (Phi) is 6.80. The molecular weight excluding hydrogens is 326 g/mol. The molecule has 0 radical (unpaired) electrons. The SMILES string of the molecule is CC(=O)Nc1ccc(S(=O)(=O)NC2CCNCC2C)cc1.Cl. The van der Waals surface area contributed by atoms with Crippen molar-refractivity contribution in [3.63, 3.8) is 0 Å². The van der Waals surface area contributed by atoms with Gasteiger partial charge in [-0.15, -0.1) is 12.4 Å². The van der Waals surface area contributed by atoms with Crippen LogP contribution >= 0.6 is 12.4 Å². The van der Waals surface area contributed by atoms with Crippen LogP contribution in [-0.2, 0) is 14.8 Å². The molecule has 124 valence electrons. The average Bonchev–Trinajstić information content (AvgIpc) is 2.41. The zero-order chi connectivity index (χ0) is 15.5. The van der Waals surface area contributed by atoms with Gasteiger partial charge in [-0.3, -0.25) is 4.79 Å². The zero-order valence-electron chi connectivity index (χ0n) is 12.6. The lowest BCUT2D eigenvalue weighted by molar-refractivity contribution is -0.114. The Bertz CT molecular complexity index is 604. The molecule has 2 atom stereocenters. The zero-order valence-corrected chi connectivity index (χ0v) is 14.3. The highest BCUT2D eigenvalue weighted by molar-refractivity contribution is 7.89. The lowest BCUT2D eigenvalue weighted by Gasteiger charge is -2.29. The Labute approximate surface area is 137 Å². The Balaban J connectivity index is 0.00000242. The minimum Gasteiger partial charge on any atom is -0.326 e. The van der Waals surface area contributed by atoms with Crippen LogP contribution < -0.4 is 15.4 Å². The first kappa shape index (κ1) is 18.9. The van der Waals surface area contributed by atoms with E-state index in [1.807, 2.05) is 6.92 Å². The molecule has 3 N–H and O–H groups in total. The van der Waals surface area contributed by atoms with E-state index in [-0.39, 0.29) is 35.2 Å². The van der Waals surface area contributed by atoms with Gasteiger partial charge in [0, 0.05) is 18.7 Å². The number of anilines is 1. The first-order valence-corrected chi connectivity index (χ1v) is 8.47. The van der Waals surface area contributed by atoms with Gasteiger partial charge in [-0.1, -0.05) is 6.92 Å². The predicted octanol–water partition coefficient (Wildman–Crippen LogP) is 1.34. The van der Waals surface area contributed by atoms with Gasteiger partial charge in [0.15, 0.2) is 0 Å². The summed E-state index contributed by atoms with van der Waals surface area (Å²) in [5.41, 5.74) is 0.580. The van der Waals surface area contributed by atoms with Crippen LogP contribution in [0.15, 0.2) is 29.2 Å². The van der Waals surface area contributed by atoms with Crippen molar-refractivity contribution in [3.05, 3.63) is 24.3 Å². The molecule has 1 aliphatic rings. The molecule has 8 heteroatoms. The number of piperidine rings is 1. The maximum atomic E-state index is 12.4. The molecule has 1 fully saturated rings. The summed E-state index contributed by atoms with van der Waals surface area (Å²) in [5, 5.41) is 5.85. The van der Waals surface area contributed by atoms with Gasteiger partial charge >= 0.3 is 0 Å². The first-order valence-electron chi connectivity index (χ1n) is 6.99. The number of nitrogens with one attached hydrogen (secondary N) is 3. The van der Waals surface area contributed by atoms with Crippen LogP contribution in [0.3, 0.4) is 0 Å². The molecule has 0 aromatic heterocycles. The van der Waals surface area contributed by atoms with Crippen LogP contribution in [0.2, 0.25) is 0 Å². The van der Waals surface area contributed by atoms with Crippen LogP contribution in [0.5, 0.6) is 0 Å². The van der Waals surface area contributed by atoms with Crippen molar-refractivity contribution in [2.45, 2.75) is 31.2 Å². The van der Waals surface area contributed by atoms with Gasteiger partial charge in [0.2, 0.25) is 15.9 Å². The highest BCUT2D eigenvalue weighted by atomic mass is 35.5. The average molecular weight is 348 g/mol. The number of rotatable bonds is 4. The van der Waals surface area contributed by atoms with Crippen molar-refractivity contribution < 1.29 is 13.2 Å². The van der Waals surface area contributed by atoms with Crippen LogP contribution in [0.1, 0.15) is 20.3 Å². The van der Waals surface area contributed by atoms with E-state index in [4.69, 9.17) is 0 Å². The second-order valence-electron chi connectivity index (χ2n) is 5.40. The molecule has 2 unspecified atom stereocenters. The highest BCUT2D eigenvalue weighted by Crippen LogP contribution is 2.17. The second kappa shape index (κ2) is 7.92. The molecule has 2 rings (SSSR count). The Morgan fingerprint density at radius 1 is 1.27 bits per heavy atom. The fourth-order valence-electron chi connectivity index (χ4n) is 2.38. The molecule has 0 saturated carbocycles. The van der Waals surface area contributed by atoms with E-state index in [1.165, 1.54) is 19.1 Å². The molecular formula is C14H22ClN3O3S. The quantitative estimate of drug-likeness (QED) is 0.767. The van der Waals surface area contributed by atoms with Crippen LogP contribution in [0, 0.1) is 5.92 Å². The van der Waals surface area contributed by atoms with E-state index in [0.717, 1.165) is 19.5 Å². The summed E-state index contributed by atoms with van der Waals surface area (Å²) in [5.74, 6) is 0.0689. The van der Waals surface area contributed by atoms with Crippen molar-refractivity contribution in [2.75, 3.05) is 18.4 Å². The Morgan fingerprint density at radius 3 is 2.45 bits per heavy atom. The molecule has 1 saturated heterocycles. The predicted molar refractivity (Wildman–Crippen MR) is 88.8 cm³/mol. The van der Waals surface area contributed by atoms with Crippen LogP contribution in [0.4, 0.5) is 5.69 Å². The minimum absolute atomic E-state index is 0. The van der Waals surface area contributed by atoms with Gasteiger partial charge in [-0.2, -0.15) is 0 Å². The largest absolute Gasteiger partial charge is 0.326 e. The molecule has 0 bridgehead atoms. The summed E-state index contributed by atoms with van der Waals surface area (Å²) < 4.78 is 27.5. The molecule has 0 aliphatic carbocycles. The highest BCUT2D eigenvalue weighted by Gasteiger charge is 2.26. The van der Waals surface area contributed by atoms with Gasteiger partial charge in [0.25, 0.3) is 0 Å². The lowest BCUT2D eigenvalue weighted by atomic mass is 9.97. The number of benzene rings is 1. The van der Waals surface area contributed by atoms with E-state index in [9.17, 15) is 13.2 Å². The van der Waals surface area contributed by atoms with E-state index < -0.39 is 10.0 Å². The summed E-state index contributed by atoms with van der Waals surface area (Å²) in [6.45, 7) is 5.07. The number of carbonyl (C=O) groups is 1. The number of hydrogen-bond acceptors (Lipinski definition) is 4. The van der Waals surface area contributed by atoms with E-state index >= 15 is 0 Å². The normalized spacial score (nSPS) is 21.7. The summed E-state index contributed by atoms with van der Waals surface area (Å²) in [6, 6.07) is 6.12. The molecule has 1 aromatic rings. The molecule has 1 heterocycles. The summed E-state index contributed by atoms with van der Waals surface area (Å²) in [4.78, 5) is 11.2. The molecule has 0 spiro atoms. The molecule has 1 amide bonds. The van der Waals surface area contributed by atoms with Crippen molar-refractivity contribution in [1.29, 1.82) is 0 Å². The Morgan fingerprint density at radius 2 is 1.91 bits per heavy atom. The Hall–Kier alpha value is -1.15. The van der Waals surface area contributed by atoms with Crippen molar-refractivity contribution in [2.24, 2.45) is 5.92 Å². The van der Waals surface area contributed by atoms with E-state index in [1.54, 1.807) is 12.1 Å². The molecule has 22 heavy (non-hydrogen) atoms. The number of hydrogen-bond donors (Lipinski definition) is 3. The molecule has 6 nitrogen and oxygen atoms in total. The lowest BCUT2D eigenvalue weighted by Crippen LogP contribution is -2.48. The molecule has 1 aliphatic heterocycles. The van der Waals surface area contributed by atoms with Gasteiger partial charge in [-0.25, -0.2) is 13.1 Å². The maximum Gasteiger partial charge on any atom is 0.240 e. The minimum atomic E-state index is -3.53. The van der Waals surface area contributed by atoms with E-state index in [0.29, 0.717) is 5.69 Å². The number of sulfonamides is 1. The van der Waals surface area contributed by atoms with Gasteiger partial charge in [-0.05, 0) is 49.7 Å². The third kappa shape index (κ3) is 4.95. The number of halogens is 1. The molecule has 1 aromatic carbocycles. The maximum absolute atomic E-state index is 12.4. The van der Waals surface area contributed by atoms with Crippen molar-refractivity contribution >= 4 is 34.0 Å². The topological polar surface area (TPSA) is 87.3 Å². The van der Waals surface area contributed by atoms with Crippen molar-refractivity contribution in [3.8, 4) is 0 Å². The monoisotopic (exact) mass is 347 g/mol. The number of amides is 1. The van der Waals surface area contributed by atoms with E-state index in [2.05, 4.69) is 15.4 Å². The van der Waals surface area contributed by atoms with Gasteiger partial charge < -0.3 is 10.6 Å². The first-order chi connectivity index (χ1) is 9.88. The van der Waals surface area contributed by atoms with Crippen LogP contribution in [0.25, 0.3) is 0 Å². The number of carbonyl (C=O) groups excluding carboxylic acids is 1. The van der Waals surface area contributed by atoms with Gasteiger partial charge in [0.05, 0.1) is 4.90 Å². The summed E-state index contributed by atoms with van der Waals surface area (Å²) >= 11 is 0. The van der Waals surface area contributed by atoms with Gasteiger partial charge in [0.1, 0.15) is 0 Å². The van der Waals surface area contributed by atoms with Crippen molar-refractivity contribution in [1.82, 2.24) is 10.0 Å². The summed E-state index contributed by atoms with van der Waals surface area (Å²) in [7, 11) is -3.53. The third-order valence-corrected chi connectivity index (χ3v) is 5.08. The fourth-order valence-corrected chi connectivity index (χ4v) is 3.76. The third-order valence-electron chi connectivity index (χ3n) is 3.58.